The van der Waals surface area contributed by atoms with E-state index in [2.05, 4.69) is 23.6 Å². The summed E-state index contributed by atoms with van der Waals surface area (Å²) >= 11 is 1.68. The van der Waals surface area contributed by atoms with Gasteiger partial charge in [0.1, 0.15) is 0 Å². The molecule has 0 saturated carbocycles. The van der Waals surface area contributed by atoms with Crippen LogP contribution in [0.2, 0.25) is 0 Å². The lowest BCUT2D eigenvalue weighted by Crippen LogP contribution is -2.42. The Morgan fingerprint density at radius 1 is 1.00 bits per heavy atom. The van der Waals surface area contributed by atoms with Gasteiger partial charge in [0, 0.05) is 36.3 Å². The van der Waals surface area contributed by atoms with Gasteiger partial charge in [0.05, 0.1) is 13.1 Å². The molecule has 0 spiro atoms. The molecule has 29 heavy (non-hydrogen) atoms. The van der Waals surface area contributed by atoms with Crippen molar-refractivity contribution in [1.29, 1.82) is 0 Å². The third-order valence-corrected chi connectivity index (χ3v) is 5.35. The fourth-order valence-corrected chi connectivity index (χ4v) is 3.77. The summed E-state index contributed by atoms with van der Waals surface area (Å²) in [6.45, 7) is 6.77. The van der Waals surface area contributed by atoms with E-state index in [4.69, 9.17) is 0 Å². The minimum Gasteiger partial charge on any atom is -0.333 e. The van der Waals surface area contributed by atoms with Crippen LogP contribution in [0.15, 0.2) is 35.7 Å². The van der Waals surface area contributed by atoms with Crippen molar-refractivity contribution in [2.45, 2.75) is 27.3 Å². The van der Waals surface area contributed by atoms with Gasteiger partial charge in [-0.1, -0.05) is 0 Å². The van der Waals surface area contributed by atoms with E-state index in [0.29, 0.717) is 24.5 Å². The van der Waals surface area contributed by atoms with Crippen LogP contribution >= 0.6 is 11.3 Å². The van der Waals surface area contributed by atoms with Gasteiger partial charge in [-0.3, -0.25) is 19.3 Å². The maximum Gasteiger partial charge on any atom is 0.243 e. The zero-order valence-corrected chi connectivity index (χ0v) is 18.1. The number of rotatable bonds is 9. The van der Waals surface area contributed by atoms with Crippen molar-refractivity contribution in [3.63, 3.8) is 0 Å². The highest BCUT2D eigenvalue weighted by Crippen LogP contribution is 2.17. The van der Waals surface area contributed by atoms with Crippen LogP contribution < -0.4 is 10.6 Å². The number of carbonyl (C=O) groups is 3. The lowest BCUT2D eigenvalue weighted by atomic mass is 10.2. The highest BCUT2D eigenvalue weighted by Gasteiger charge is 2.18. The lowest BCUT2D eigenvalue weighted by molar-refractivity contribution is -0.135. The van der Waals surface area contributed by atoms with Crippen molar-refractivity contribution in [3.05, 3.63) is 46.2 Å². The highest BCUT2D eigenvalue weighted by atomic mass is 32.1. The lowest BCUT2D eigenvalue weighted by Gasteiger charge is -2.24. The van der Waals surface area contributed by atoms with Crippen LogP contribution in [0, 0.1) is 6.92 Å². The molecule has 1 aromatic carbocycles. The fourth-order valence-electron chi connectivity index (χ4n) is 2.79. The third-order valence-electron chi connectivity index (χ3n) is 4.34. The van der Waals surface area contributed by atoms with E-state index < -0.39 is 0 Å². The van der Waals surface area contributed by atoms with Crippen molar-refractivity contribution in [1.82, 2.24) is 9.80 Å². The van der Waals surface area contributed by atoms with Crippen LogP contribution in [-0.2, 0) is 20.9 Å². The zero-order chi connectivity index (χ0) is 21.4. The van der Waals surface area contributed by atoms with Gasteiger partial charge < -0.3 is 15.5 Å². The molecule has 7 nitrogen and oxygen atoms in total. The molecular weight excluding hydrogens is 388 g/mol. The minimum atomic E-state index is -0.260. The molecule has 0 bridgehead atoms. The number of amides is 3. The summed E-state index contributed by atoms with van der Waals surface area (Å²) in [4.78, 5) is 40.7. The molecule has 1 heterocycles. The molecule has 0 atom stereocenters. The SMILES string of the molecule is CCN(CC(=O)Nc1ccc(NC(C)=O)cc1)C(=O)CN(C)Cc1sccc1C. The summed E-state index contributed by atoms with van der Waals surface area (Å²) in [5.74, 6) is -0.498. The normalized spacial score (nSPS) is 10.7. The number of aryl methyl sites for hydroxylation is 1. The minimum absolute atomic E-state index is 0.00531. The molecule has 0 aliphatic heterocycles. The van der Waals surface area contributed by atoms with Crippen molar-refractivity contribution in [3.8, 4) is 0 Å². The van der Waals surface area contributed by atoms with Crippen LogP contribution in [0.3, 0.4) is 0 Å². The standard InChI is InChI=1S/C21H28N4O3S/c1-5-25(21(28)14-24(4)12-19-15(2)10-11-29-19)13-20(27)23-18-8-6-17(7-9-18)22-16(3)26/h6-11H,5,12-14H2,1-4H3,(H,22,26)(H,23,27). The molecule has 0 radical (unpaired) electrons. The number of likely N-dealkylation sites (N-methyl/N-ethyl adjacent to an activating group) is 2. The number of hydrogen-bond acceptors (Lipinski definition) is 5. The van der Waals surface area contributed by atoms with Crippen molar-refractivity contribution in [2.75, 3.05) is 37.3 Å². The molecule has 2 N–H and O–H groups in total. The van der Waals surface area contributed by atoms with Crippen molar-refractivity contribution >= 4 is 40.4 Å². The molecule has 2 aromatic rings. The third kappa shape index (κ3) is 7.32. The first-order chi connectivity index (χ1) is 13.8. The molecule has 1 aromatic heterocycles. The molecule has 156 valence electrons. The molecular formula is C21H28N4O3S. The second kappa shape index (κ2) is 10.7. The Kier molecular flexibility index (Phi) is 8.35. The van der Waals surface area contributed by atoms with E-state index in [1.54, 1.807) is 40.5 Å². The van der Waals surface area contributed by atoms with E-state index >= 15 is 0 Å². The highest BCUT2D eigenvalue weighted by molar-refractivity contribution is 7.10. The largest absolute Gasteiger partial charge is 0.333 e. The number of nitrogens with zero attached hydrogens (tertiary/aromatic N) is 2. The van der Waals surface area contributed by atoms with Gasteiger partial charge in [-0.15, -0.1) is 11.3 Å². The van der Waals surface area contributed by atoms with Crippen molar-refractivity contribution in [2.24, 2.45) is 0 Å². The van der Waals surface area contributed by atoms with Gasteiger partial charge in [0.15, 0.2) is 0 Å². The summed E-state index contributed by atoms with van der Waals surface area (Å²) in [5, 5.41) is 7.50. The Bertz CT molecular complexity index is 848. The van der Waals surface area contributed by atoms with Crippen LogP contribution in [0.4, 0.5) is 11.4 Å². The first-order valence-electron chi connectivity index (χ1n) is 9.45. The number of nitrogens with one attached hydrogen (secondary N) is 2. The second-order valence-corrected chi connectivity index (χ2v) is 7.91. The molecule has 0 fully saturated rings. The van der Waals surface area contributed by atoms with E-state index in [9.17, 15) is 14.4 Å². The van der Waals surface area contributed by atoms with Gasteiger partial charge in [-0.2, -0.15) is 0 Å². The van der Waals surface area contributed by atoms with E-state index in [-0.39, 0.29) is 30.8 Å². The summed E-state index contributed by atoms with van der Waals surface area (Å²) in [7, 11) is 1.90. The average molecular weight is 417 g/mol. The maximum atomic E-state index is 12.6. The quantitative estimate of drug-likeness (QED) is 0.659. The van der Waals surface area contributed by atoms with Crippen LogP contribution in [0.5, 0.6) is 0 Å². The first kappa shape index (κ1) is 22.6. The number of thiophene rings is 1. The van der Waals surface area contributed by atoms with Gasteiger partial charge in [0.25, 0.3) is 0 Å². The fraction of sp³-hybridized carbons (Fsp3) is 0.381. The van der Waals surface area contributed by atoms with Crippen LogP contribution in [0.25, 0.3) is 0 Å². The van der Waals surface area contributed by atoms with Crippen molar-refractivity contribution < 1.29 is 14.4 Å². The molecule has 2 rings (SSSR count). The number of carbonyl (C=O) groups excluding carboxylic acids is 3. The topological polar surface area (TPSA) is 81.8 Å². The molecule has 0 aliphatic carbocycles. The summed E-state index contributed by atoms with van der Waals surface area (Å²) in [5.41, 5.74) is 2.49. The second-order valence-electron chi connectivity index (χ2n) is 6.91. The Labute approximate surface area is 175 Å². The number of anilines is 2. The van der Waals surface area contributed by atoms with Gasteiger partial charge in [-0.25, -0.2) is 0 Å². The van der Waals surface area contributed by atoms with Crippen LogP contribution in [-0.4, -0.2) is 54.2 Å². The van der Waals surface area contributed by atoms with E-state index in [1.165, 1.54) is 17.4 Å². The van der Waals surface area contributed by atoms with Crippen LogP contribution in [0.1, 0.15) is 24.3 Å². The van der Waals surface area contributed by atoms with Gasteiger partial charge in [-0.05, 0) is 62.2 Å². The molecule has 3 amide bonds. The number of benzene rings is 1. The molecule has 0 aliphatic rings. The van der Waals surface area contributed by atoms with E-state index in [0.717, 1.165) is 0 Å². The Hall–Kier alpha value is -2.71. The summed E-state index contributed by atoms with van der Waals surface area (Å²) < 4.78 is 0. The summed E-state index contributed by atoms with van der Waals surface area (Å²) in [6, 6.07) is 8.90. The smallest absolute Gasteiger partial charge is 0.243 e. The summed E-state index contributed by atoms with van der Waals surface area (Å²) in [6.07, 6.45) is 0. The average Bonchev–Trinajstić information content (AvgIpc) is 3.05. The monoisotopic (exact) mass is 416 g/mol. The first-order valence-corrected chi connectivity index (χ1v) is 10.3. The molecule has 0 saturated heterocycles. The van der Waals surface area contributed by atoms with Gasteiger partial charge >= 0.3 is 0 Å². The molecule has 0 unspecified atom stereocenters. The Morgan fingerprint density at radius 2 is 1.62 bits per heavy atom. The maximum absolute atomic E-state index is 12.6. The Morgan fingerprint density at radius 3 is 2.14 bits per heavy atom. The predicted molar refractivity (Wildman–Crippen MR) is 117 cm³/mol. The Balaban J connectivity index is 1.85. The zero-order valence-electron chi connectivity index (χ0n) is 17.3. The van der Waals surface area contributed by atoms with E-state index in [1.807, 2.05) is 24.3 Å². The number of hydrogen-bond donors (Lipinski definition) is 2. The predicted octanol–water partition coefficient (Wildman–Crippen LogP) is 2.93. The molecule has 8 heteroatoms. The van der Waals surface area contributed by atoms with Gasteiger partial charge in [0.2, 0.25) is 17.7 Å².